The van der Waals surface area contributed by atoms with Gasteiger partial charge in [0.25, 0.3) is 0 Å². The zero-order valence-corrected chi connectivity index (χ0v) is 17.3. The van der Waals surface area contributed by atoms with Gasteiger partial charge in [-0.2, -0.15) is 4.31 Å². The van der Waals surface area contributed by atoms with E-state index in [2.05, 4.69) is 0 Å². The van der Waals surface area contributed by atoms with E-state index in [9.17, 15) is 18.3 Å². The third kappa shape index (κ3) is 4.75. The molecule has 0 unspecified atom stereocenters. The third-order valence-electron chi connectivity index (χ3n) is 5.07. The lowest BCUT2D eigenvalue weighted by molar-refractivity contribution is -0.142. The maximum atomic E-state index is 13.4. The lowest BCUT2D eigenvalue weighted by atomic mass is 9.99. The molecular weight excluding hydrogens is 390 g/mol. The van der Waals surface area contributed by atoms with Crippen LogP contribution in [0, 0.1) is 6.92 Å². The molecule has 2 aromatic carbocycles. The number of aliphatic carboxylic acids is 1. The van der Waals surface area contributed by atoms with Crippen LogP contribution in [0.25, 0.3) is 0 Å². The van der Waals surface area contributed by atoms with Gasteiger partial charge in [-0.1, -0.05) is 59.7 Å². The van der Waals surface area contributed by atoms with Crippen molar-refractivity contribution >= 4 is 16.0 Å². The molecule has 3 rings (SSSR count). The summed E-state index contributed by atoms with van der Waals surface area (Å²) in [6.07, 6.45) is 1.91. The number of carboxylic acids is 1. The smallest absolute Gasteiger partial charge is 0.322 e. The zero-order chi connectivity index (χ0) is 21.0. The van der Waals surface area contributed by atoms with Crippen LogP contribution < -0.4 is 0 Å². The molecule has 7 heteroatoms. The Bertz CT molecular complexity index is 984. The van der Waals surface area contributed by atoms with E-state index in [0.29, 0.717) is 6.61 Å². The van der Waals surface area contributed by atoms with Gasteiger partial charge >= 0.3 is 5.97 Å². The van der Waals surface area contributed by atoms with Gasteiger partial charge in [0.2, 0.25) is 10.0 Å². The van der Waals surface area contributed by atoms with Crippen molar-refractivity contribution in [3.8, 4) is 0 Å². The number of nitrogens with zero attached hydrogens (tertiary/aromatic N) is 1. The standard InChI is InChI=1S/C22H25NO5S/c1-16-8-11-19(12-9-16)29(26,27)23-20(22(24)25)13-10-17(2)21(23)15-28-14-18-6-4-3-5-7-18/h3-12,20-21H,13-15H2,1-2H3,(H,24,25)/t20-,21-/m1/s1. The van der Waals surface area contributed by atoms with E-state index in [1.165, 1.54) is 12.1 Å². The minimum Gasteiger partial charge on any atom is -0.480 e. The van der Waals surface area contributed by atoms with E-state index in [-0.39, 0.29) is 17.9 Å². The van der Waals surface area contributed by atoms with Gasteiger partial charge in [-0.25, -0.2) is 8.42 Å². The molecule has 1 aliphatic heterocycles. The SMILES string of the molecule is CC1=CC[C@H](C(=O)O)N(S(=O)(=O)c2ccc(C)cc2)[C@@H]1COCc1ccccc1. The maximum Gasteiger partial charge on any atom is 0.322 e. The number of ether oxygens (including phenoxy) is 1. The normalized spacial score (nSPS) is 20.3. The van der Waals surface area contributed by atoms with Crippen LogP contribution in [0.15, 0.2) is 71.1 Å². The van der Waals surface area contributed by atoms with Crippen molar-refractivity contribution in [1.82, 2.24) is 4.31 Å². The molecule has 0 spiro atoms. The molecule has 0 bridgehead atoms. The van der Waals surface area contributed by atoms with E-state index in [1.807, 2.05) is 44.2 Å². The predicted octanol–water partition coefficient (Wildman–Crippen LogP) is 3.37. The second kappa shape index (κ2) is 8.90. The van der Waals surface area contributed by atoms with Crippen LogP contribution in [0.1, 0.15) is 24.5 Å². The molecule has 29 heavy (non-hydrogen) atoms. The number of rotatable bonds is 7. The summed E-state index contributed by atoms with van der Waals surface area (Å²) in [7, 11) is -4.02. The highest BCUT2D eigenvalue weighted by Crippen LogP contribution is 2.30. The Morgan fingerprint density at radius 2 is 1.76 bits per heavy atom. The summed E-state index contributed by atoms with van der Waals surface area (Å²) >= 11 is 0. The van der Waals surface area contributed by atoms with Crippen molar-refractivity contribution in [3.63, 3.8) is 0 Å². The highest BCUT2D eigenvalue weighted by atomic mass is 32.2. The number of sulfonamides is 1. The number of carboxylic acid groups (broad SMARTS) is 1. The minimum absolute atomic E-state index is 0.0755. The van der Waals surface area contributed by atoms with Gasteiger partial charge in [-0.15, -0.1) is 0 Å². The molecule has 1 aliphatic rings. The Balaban J connectivity index is 1.90. The number of benzene rings is 2. The molecule has 154 valence electrons. The second-order valence-corrected chi connectivity index (χ2v) is 9.05. The number of hydrogen-bond donors (Lipinski definition) is 1. The molecular formula is C22H25NO5S. The Morgan fingerprint density at radius 1 is 1.10 bits per heavy atom. The highest BCUT2D eigenvalue weighted by molar-refractivity contribution is 7.89. The monoisotopic (exact) mass is 415 g/mol. The van der Waals surface area contributed by atoms with E-state index in [1.54, 1.807) is 18.2 Å². The summed E-state index contributed by atoms with van der Waals surface area (Å²) in [6.45, 7) is 4.07. The Morgan fingerprint density at radius 3 is 2.38 bits per heavy atom. The fourth-order valence-corrected chi connectivity index (χ4v) is 5.20. The molecule has 2 aromatic rings. The first-order valence-electron chi connectivity index (χ1n) is 9.42. The lowest BCUT2D eigenvalue weighted by Gasteiger charge is -2.38. The van der Waals surface area contributed by atoms with Crippen LogP contribution in [0.4, 0.5) is 0 Å². The minimum atomic E-state index is -4.02. The fourth-order valence-electron chi connectivity index (χ4n) is 3.40. The van der Waals surface area contributed by atoms with Crippen LogP contribution in [0.5, 0.6) is 0 Å². The molecule has 0 aromatic heterocycles. The van der Waals surface area contributed by atoms with Gasteiger partial charge in [0, 0.05) is 0 Å². The van der Waals surface area contributed by atoms with Gasteiger partial charge in [0.15, 0.2) is 0 Å². The lowest BCUT2D eigenvalue weighted by Crippen LogP contribution is -2.54. The van der Waals surface area contributed by atoms with Gasteiger partial charge in [-0.3, -0.25) is 4.79 Å². The first-order chi connectivity index (χ1) is 13.8. The summed E-state index contributed by atoms with van der Waals surface area (Å²) < 4.78 is 33.7. The van der Waals surface area contributed by atoms with Crippen LogP contribution in [-0.4, -0.2) is 42.5 Å². The maximum absolute atomic E-state index is 13.4. The van der Waals surface area contributed by atoms with E-state index >= 15 is 0 Å². The number of aryl methyl sites for hydroxylation is 1. The summed E-state index contributed by atoms with van der Waals surface area (Å²) in [5.41, 5.74) is 2.68. The molecule has 0 aliphatic carbocycles. The van der Waals surface area contributed by atoms with Crippen molar-refractivity contribution in [2.24, 2.45) is 0 Å². The molecule has 0 saturated carbocycles. The van der Waals surface area contributed by atoms with Crippen molar-refractivity contribution in [3.05, 3.63) is 77.4 Å². The van der Waals surface area contributed by atoms with E-state index in [4.69, 9.17) is 4.74 Å². The summed E-state index contributed by atoms with van der Waals surface area (Å²) in [6, 6.07) is 14.1. The van der Waals surface area contributed by atoms with E-state index in [0.717, 1.165) is 21.0 Å². The van der Waals surface area contributed by atoms with Crippen LogP contribution in [0.2, 0.25) is 0 Å². The largest absolute Gasteiger partial charge is 0.480 e. The van der Waals surface area contributed by atoms with Crippen molar-refractivity contribution in [2.75, 3.05) is 6.61 Å². The molecule has 0 amide bonds. The Hall–Kier alpha value is -2.48. The van der Waals surface area contributed by atoms with Crippen LogP contribution >= 0.6 is 0 Å². The average molecular weight is 416 g/mol. The van der Waals surface area contributed by atoms with Crippen LogP contribution in [0.3, 0.4) is 0 Å². The first-order valence-corrected chi connectivity index (χ1v) is 10.9. The topological polar surface area (TPSA) is 83.9 Å². The third-order valence-corrected chi connectivity index (χ3v) is 7.00. The number of carbonyl (C=O) groups is 1. The second-order valence-electron chi connectivity index (χ2n) is 7.20. The highest BCUT2D eigenvalue weighted by Gasteiger charge is 2.43. The molecule has 1 heterocycles. The van der Waals surface area contributed by atoms with Gasteiger partial charge in [-0.05, 0) is 38.0 Å². The van der Waals surface area contributed by atoms with Crippen molar-refractivity contribution in [2.45, 2.75) is 43.9 Å². The molecule has 1 N–H and O–H groups in total. The van der Waals surface area contributed by atoms with Crippen molar-refractivity contribution in [1.29, 1.82) is 0 Å². The number of hydrogen-bond acceptors (Lipinski definition) is 4. The Labute approximate surface area is 171 Å². The quantitative estimate of drug-likeness (QED) is 0.701. The average Bonchev–Trinajstić information content (AvgIpc) is 2.70. The molecule has 0 radical (unpaired) electrons. The molecule has 0 fully saturated rings. The van der Waals surface area contributed by atoms with Gasteiger partial charge in [0.1, 0.15) is 6.04 Å². The predicted molar refractivity (Wildman–Crippen MR) is 110 cm³/mol. The molecule has 2 atom stereocenters. The van der Waals surface area contributed by atoms with Gasteiger partial charge in [0.05, 0.1) is 24.2 Å². The van der Waals surface area contributed by atoms with Gasteiger partial charge < -0.3 is 9.84 Å². The van der Waals surface area contributed by atoms with Crippen LogP contribution in [-0.2, 0) is 26.2 Å². The first kappa shape index (κ1) is 21.2. The Kier molecular flexibility index (Phi) is 6.52. The summed E-state index contributed by atoms with van der Waals surface area (Å²) in [5.74, 6) is -1.17. The summed E-state index contributed by atoms with van der Waals surface area (Å²) in [5, 5.41) is 9.69. The molecule has 0 saturated heterocycles. The fraction of sp³-hybridized carbons (Fsp3) is 0.318. The summed E-state index contributed by atoms with van der Waals surface area (Å²) in [4.78, 5) is 11.9. The molecule has 6 nitrogen and oxygen atoms in total. The zero-order valence-electron chi connectivity index (χ0n) is 16.5. The van der Waals surface area contributed by atoms with Crippen molar-refractivity contribution < 1.29 is 23.1 Å². The van der Waals surface area contributed by atoms with E-state index < -0.39 is 28.1 Å².